The van der Waals surface area contributed by atoms with Crippen molar-refractivity contribution in [2.75, 3.05) is 12.9 Å². The van der Waals surface area contributed by atoms with E-state index < -0.39 is 16.5 Å². The summed E-state index contributed by atoms with van der Waals surface area (Å²) in [6.45, 7) is 0.418. The number of thioether (sulfide) groups is 1. The molecule has 1 aromatic rings. The number of methoxy groups -OCH3 is 1. The molecule has 2 rings (SSSR count). The summed E-state index contributed by atoms with van der Waals surface area (Å²) in [4.78, 5) is 33.4. The zero-order valence-electron chi connectivity index (χ0n) is 8.84. The number of hydrogen-bond acceptors (Lipinski definition) is 6. The first-order valence-corrected chi connectivity index (χ1v) is 5.68. The average Bonchev–Trinajstić information content (AvgIpc) is 2.76. The van der Waals surface area contributed by atoms with Gasteiger partial charge in [0.25, 0.3) is 5.56 Å². The van der Waals surface area contributed by atoms with Crippen molar-refractivity contribution < 1.29 is 14.5 Å². The highest BCUT2D eigenvalue weighted by atomic mass is 32.2. The van der Waals surface area contributed by atoms with E-state index in [9.17, 15) is 19.7 Å². The molecule has 0 saturated heterocycles. The molecule has 0 atom stereocenters. The summed E-state index contributed by atoms with van der Waals surface area (Å²) in [7, 11) is 1.12. The number of carbonyl (C=O) groups excluding carboxylic acids is 1. The van der Waals surface area contributed by atoms with Crippen molar-refractivity contribution in [1.82, 2.24) is 4.57 Å². The van der Waals surface area contributed by atoms with Crippen molar-refractivity contribution in [3.63, 3.8) is 0 Å². The molecular formula is C9H8N2O5S. The highest BCUT2D eigenvalue weighted by molar-refractivity contribution is 7.99. The number of nitrogens with zero attached hydrogens (tertiary/aromatic N) is 2. The van der Waals surface area contributed by atoms with Gasteiger partial charge >= 0.3 is 11.7 Å². The van der Waals surface area contributed by atoms with Crippen LogP contribution in [0.25, 0.3) is 0 Å². The van der Waals surface area contributed by atoms with Gasteiger partial charge in [-0.2, -0.15) is 0 Å². The fraction of sp³-hybridized carbons (Fsp3) is 0.333. The molecule has 1 aliphatic rings. The molecule has 8 heteroatoms. The molecule has 0 bridgehead atoms. The molecule has 0 saturated carbocycles. The highest BCUT2D eigenvalue weighted by Gasteiger charge is 2.32. The Morgan fingerprint density at radius 1 is 1.65 bits per heavy atom. The molecule has 0 fully saturated rings. The first-order valence-electron chi connectivity index (χ1n) is 4.69. The first-order chi connectivity index (χ1) is 8.06. The monoisotopic (exact) mass is 256 g/mol. The Morgan fingerprint density at radius 2 is 2.35 bits per heavy atom. The molecule has 0 radical (unpaired) electrons. The van der Waals surface area contributed by atoms with Crippen LogP contribution >= 0.6 is 11.8 Å². The summed E-state index contributed by atoms with van der Waals surface area (Å²) in [6.07, 6.45) is 0. The molecule has 0 aliphatic carbocycles. The van der Waals surface area contributed by atoms with Crippen LogP contribution in [-0.4, -0.2) is 28.3 Å². The third kappa shape index (κ3) is 1.80. The van der Waals surface area contributed by atoms with E-state index in [2.05, 4.69) is 4.74 Å². The Morgan fingerprint density at radius 3 is 2.94 bits per heavy atom. The Kier molecular flexibility index (Phi) is 2.88. The van der Waals surface area contributed by atoms with Gasteiger partial charge in [0.1, 0.15) is 5.56 Å². The second-order valence-electron chi connectivity index (χ2n) is 3.30. The van der Waals surface area contributed by atoms with Crippen molar-refractivity contribution in [3.8, 4) is 0 Å². The molecule has 1 aliphatic heterocycles. The normalized spacial score (nSPS) is 13.2. The largest absolute Gasteiger partial charge is 0.465 e. The maximum absolute atomic E-state index is 11.6. The minimum Gasteiger partial charge on any atom is -0.465 e. The molecular weight excluding hydrogens is 248 g/mol. The molecule has 1 aromatic heterocycles. The first kappa shape index (κ1) is 11.6. The van der Waals surface area contributed by atoms with E-state index in [1.54, 1.807) is 0 Å². The lowest BCUT2D eigenvalue weighted by atomic mass is 10.2. The van der Waals surface area contributed by atoms with Crippen LogP contribution in [0.1, 0.15) is 10.4 Å². The van der Waals surface area contributed by atoms with Crippen LogP contribution < -0.4 is 5.56 Å². The lowest BCUT2D eigenvalue weighted by Crippen LogP contribution is -2.22. The van der Waals surface area contributed by atoms with E-state index >= 15 is 0 Å². The van der Waals surface area contributed by atoms with Gasteiger partial charge in [-0.3, -0.25) is 19.5 Å². The Labute approximate surface area is 99.5 Å². The summed E-state index contributed by atoms with van der Waals surface area (Å²) < 4.78 is 5.74. The third-order valence-electron chi connectivity index (χ3n) is 2.38. The third-order valence-corrected chi connectivity index (χ3v) is 3.45. The van der Waals surface area contributed by atoms with E-state index in [1.165, 1.54) is 16.3 Å². The molecule has 17 heavy (non-hydrogen) atoms. The summed E-state index contributed by atoms with van der Waals surface area (Å²) in [5.74, 6) is -0.287. The molecule has 0 aromatic carbocycles. The number of ether oxygens (including phenoxy) is 1. The number of pyridine rings is 1. The Hall–Kier alpha value is -1.83. The minimum absolute atomic E-state index is 0.225. The van der Waals surface area contributed by atoms with Crippen LogP contribution in [0.4, 0.5) is 5.69 Å². The van der Waals surface area contributed by atoms with Crippen molar-refractivity contribution in [2.24, 2.45) is 0 Å². The average molecular weight is 256 g/mol. The lowest BCUT2D eigenvalue weighted by Gasteiger charge is -2.06. The number of fused-ring (bicyclic) bond motifs is 1. The second kappa shape index (κ2) is 4.21. The molecule has 7 nitrogen and oxygen atoms in total. The van der Waals surface area contributed by atoms with Crippen LogP contribution in [-0.2, 0) is 11.3 Å². The van der Waals surface area contributed by atoms with E-state index in [4.69, 9.17) is 0 Å². The minimum atomic E-state index is -0.871. The van der Waals surface area contributed by atoms with Gasteiger partial charge in [-0.1, -0.05) is 11.8 Å². The number of hydrogen-bond donors (Lipinski definition) is 0. The van der Waals surface area contributed by atoms with Crippen LogP contribution in [0.5, 0.6) is 0 Å². The molecule has 90 valence electrons. The van der Waals surface area contributed by atoms with E-state index in [0.29, 0.717) is 12.3 Å². The van der Waals surface area contributed by atoms with E-state index in [1.807, 2.05) is 0 Å². The highest BCUT2D eigenvalue weighted by Crippen LogP contribution is 2.35. The van der Waals surface area contributed by atoms with Gasteiger partial charge in [0.15, 0.2) is 5.03 Å². The quantitative estimate of drug-likeness (QED) is 0.438. The maximum atomic E-state index is 11.6. The van der Waals surface area contributed by atoms with Crippen LogP contribution in [0, 0.1) is 10.1 Å². The topological polar surface area (TPSA) is 91.4 Å². The zero-order valence-corrected chi connectivity index (χ0v) is 9.65. The fourth-order valence-corrected chi connectivity index (χ4v) is 2.77. The number of rotatable bonds is 2. The maximum Gasteiger partial charge on any atom is 0.345 e. The smallest absolute Gasteiger partial charge is 0.345 e. The number of aromatic nitrogens is 1. The molecule has 0 spiro atoms. The SMILES string of the molecule is COC(=O)c1cc(=O)n2c(c1[N+](=O)[O-])SCC2. The van der Waals surface area contributed by atoms with Crippen molar-refractivity contribution in [1.29, 1.82) is 0 Å². The molecule has 2 heterocycles. The van der Waals surface area contributed by atoms with Gasteiger partial charge in [0, 0.05) is 18.4 Å². The summed E-state index contributed by atoms with van der Waals surface area (Å²) in [5.41, 5.74) is -1.06. The van der Waals surface area contributed by atoms with Crippen molar-refractivity contribution >= 4 is 23.4 Å². The predicted molar refractivity (Wildman–Crippen MR) is 59.4 cm³/mol. The summed E-state index contributed by atoms with van der Waals surface area (Å²) in [6, 6.07) is 0.958. The lowest BCUT2D eigenvalue weighted by molar-refractivity contribution is -0.388. The summed E-state index contributed by atoms with van der Waals surface area (Å²) >= 11 is 1.19. The summed E-state index contributed by atoms with van der Waals surface area (Å²) in [5, 5.41) is 11.2. The van der Waals surface area contributed by atoms with Gasteiger partial charge < -0.3 is 4.74 Å². The number of carbonyl (C=O) groups is 1. The van der Waals surface area contributed by atoms with Crippen molar-refractivity contribution in [3.05, 3.63) is 32.1 Å². The van der Waals surface area contributed by atoms with Gasteiger partial charge in [-0.25, -0.2) is 4.79 Å². The number of esters is 1. The Bertz CT molecular complexity index is 565. The zero-order chi connectivity index (χ0) is 12.6. The molecule has 0 N–H and O–H groups in total. The van der Waals surface area contributed by atoms with Gasteiger partial charge in [-0.05, 0) is 0 Å². The van der Waals surface area contributed by atoms with Crippen molar-refractivity contribution in [2.45, 2.75) is 11.6 Å². The van der Waals surface area contributed by atoms with Crippen LogP contribution in [0.2, 0.25) is 0 Å². The fourth-order valence-electron chi connectivity index (χ4n) is 1.65. The Balaban J connectivity index is 2.76. The van der Waals surface area contributed by atoms with Gasteiger partial charge in [-0.15, -0.1) is 0 Å². The molecule has 0 amide bonds. The standard InChI is InChI=1S/C9H8N2O5S/c1-16-9(13)5-4-6(12)10-2-3-17-8(10)7(5)11(14)15/h4H,2-3H2,1H3. The van der Waals surface area contributed by atoms with E-state index in [-0.39, 0.29) is 16.3 Å². The predicted octanol–water partition coefficient (Wildman–Crippen LogP) is 0.649. The molecule has 0 unspecified atom stereocenters. The number of nitro groups is 1. The van der Waals surface area contributed by atoms with Crippen LogP contribution in [0.3, 0.4) is 0 Å². The van der Waals surface area contributed by atoms with Crippen LogP contribution in [0.15, 0.2) is 15.9 Å². The van der Waals surface area contributed by atoms with E-state index in [0.717, 1.165) is 13.2 Å². The van der Waals surface area contributed by atoms with Gasteiger partial charge in [0.2, 0.25) is 0 Å². The second-order valence-corrected chi connectivity index (χ2v) is 4.38. The van der Waals surface area contributed by atoms with Gasteiger partial charge in [0.05, 0.1) is 12.0 Å².